The Morgan fingerprint density at radius 3 is 2.24 bits per heavy atom. The van der Waals surface area contributed by atoms with Crippen LogP contribution in [0.1, 0.15) is 43.1 Å². The molecule has 1 saturated carbocycles. The Balaban J connectivity index is 2.12. The molecule has 17 heavy (non-hydrogen) atoms. The summed E-state index contributed by atoms with van der Waals surface area (Å²) >= 11 is 1.25. The molecule has 0 spiro atoms. The predicted molar refractivity (Wildman–Crippen MR) is 70.1 cm³/mol. The number of nitrogen functional groups attached to an aromatic ring is 1. The summed E-state index contributed by atoms with van der Waals surface area (Å²) in [5.41, 5.74) is 6.60. The molecule has 5 heteroatoms. The quantitative estimate of drug-likeness (QED) is 0.849. The number of aromatic nitrogens is 1. The number of nitrogens with zero attached hydrogens (tertiary/aromatic N) is 1. The van der Waals surface area contributed by atoms with Crippen molar-refractivity contribution in [3.8, 4) is 0 Å². The van der Waals surface area contributed by atoms with Crippen molar-refractivity contribution in [1.29, 1.82) is 0 Å². The van der Waals surface area contributed by atoms with E-state index in [1.165, 1.54) is 11.3 Å². The minimum atomic E-state index is -0.0552. The lowest BCUT2D eigenvalue weighted by atomic mass is 10.0. The number of thiazole rings is 1. The Labute approximate surface area is 106 Å². The van der Waals surface area contributed by atoms with Gasteiger partial charge in [-0.25, -0.2) is 4.98 Å². The Hall–Kier alpha value is -1.10. The van der Waals surface area contributed by atoms with Crippen LogP contribution in [-0.4, -0.2) is 16.9 Å². The Kier molecular flexibility index (Phi) is 2.51. The lowest BCUT2D eigenvalue weighted by Gasteiger charge is -2.05. The smallest absolute Gasteiger partial charge is 0.263 e. The zero-order valence-electron chi connectivity index (χ0n) is 10.9. The van der Waals surface area contributed by atoms with E-state index in [1.807, 2.05) is 6.92 Å². The summed E-state index contributed by atoms with van der Waals surface area (Å²) in [5, 5.41) is 3.53. The molecule has 1 aromatic rings. The van der Waals surface area contributed by atoms with Crippen LogP contribution in [0, 0.1) is 17.8 Å². The van der Waals surface area contributed by atoms with Crippen molar-refractivity contribution in [3.63, 3.8) is 0 Å². The number of nitrogens with two attached hydrogens (primary N) is 1. The second-order valence-electron chi connectivity index (χ2n) is 5.82. The van der Waals surface area contributed by atoms with E-state index in [1.54, 1.807) is 0 Å². The molecule has 0 atom stereocenters. The molecular formula is C12H19N3OS. The number of carbonyl (C=O) groups excluding carboxylic acids is 1. The number of carbonyl (C=O) groups is 1. The average Bonchev–Trinajstić information content (AvgIpc) is 2.50. The van der Waals surface area contributed by atoms with Crippen LogP contribution in [-0.2, 0) is 0 Å². The summed E-state index contributed by atoms with van der Waals surface area (Å²) in [6.07, 6.45) is 0. The lowest BCUT2D eigenvalue weighted by Crippen LogP contribution is -2.29. The van der Waals surface area contributed by atoms with Crippen LogP contribution in [0.25, 0.3) is 0 Å². The summed E-state index contributed by atoms with van der Waals surface area (Å²) in [6.45, 7) is 10.5. The molecule has 1 heterocycles. The third-order valence-electron chi connectivity index (χ3n) is 4.32. The van der Waals surface area contributed by atoms with Crippen LogP contribution in [0.4, 0.5) is 5.13 Å². The van der Waals surface area contributed by atoms with Gasteiger partial charge in [0.1, 0.15) is 4.88 Å². The van der Waals surface area contributed by atoms with Gasteiger partial charge in [-0.3, -0.25) is 4.79 Å². The van der Waals surface area contributed by atoms with Gasteiger partial charge in [-0.05, 0) is 17.8 Å². The summed E-state index contributed by atoms with van der Waals surface area (Å²) < 4.78 is 0. The van der Waals surface area contributed by atoms with Crippen molar-refractivity contribution in [2.24, 2.45) is 10.8 Å². The maximum Gasteiger partial charge on any atom is 0.263 e. The Bertz CT molecular complexity index is 462. The Morgan fingerprint density at radius 2 is 1.88 bits per heavy atom. The fraction of sp³-hybridized carbons (Fsp3) is 0.667. The average molecular weight is 253 g/mol. The summed E-state index contributed by atoms with van der Waals surface area (Å²) in [4.78, 5) is 16.8. The number of aryl methyl sites for hydroxylation is 1. The van der Waals surface area contributed by atoms with Gasteiger partial charge in [0.2, 0.25) is 0 Å². The SMILES string of the molecule is Cc1nc(N)sc1C(=O)NC1C(C)(C)C1(C)C. The van der Waals surface area contributed by atoms with Gasteiger partial charge in [0.25, 0.3) is 5.91 Å². The molecular weight excluding hydrogens is 234 g/mol. The lowest BCUT2D eigenvalue weighted by molar-refractivity contribution is 0.0947. The minimum absolute atomic E-state index is 0.0552. The van der Waals surface area contributed by atoms with Gasteiger partial charge in [0.15, 0.2) is 5.13 Å². The first-order valence-electron chi connectivity index (χ1n) is 5.71. The molecule has 0 aliphatic heterocycles. The van der Waals surface area contributed by atoms with E-state index in [0.717, 1.165) is 0 Å². The summed E-state index contributed by atoms with van der Waals surface area (Å²) in [6, 6.07) is 0.213. The highest BCUT2D eigenvalue weighted by atomic mass is 32.1. The minimum Gasteiger partial charge on any atom is -0.375 e. The first kappa shape index (κ1) is 12.4. The van der Waals surface area contributed by atoms with Crippen LogP contribution in [0.15, 0.2) is 0 Å². The first-order chi connectivity index (χ1) is 7.68. The van der Waals surface area contributed by atoms with Gasteiger partial charge >= 0.3 is 0 Å². The van der Waals surface area contributed by atoms with Gasteiger partial charge in [-0.15, -0.1) is 0 Å². The molecule has 94 valence electrons. The van der Waals surface area contributed by atoms with Crippen molar-refractivity contribution < 1.29 is 4.79 Å². The molecule has 2 rings (SSSR count). The standard InChI is InChI=1S/C12H19N3OS/c1-6-7(17-10(13)14-6)8(16)15-9-11(2,3)12(9,4)5/h9H,1-5H3,(H2,13,14)(H,15,16). The van der Waals surface area contributed by atoms with E-state index in [0.29, 0.717) is 15.7 Å². The molecule has 0 bridgehead atoms. The normalized spacial score (nSPS) is 21.2. The number of amides is 1. The van der Waals surface area contributed by atoms with Crippen LogP contribution in [0.5, 0.6) is 0 Å². The van der Waals surface area contributed by atoms with Gasteiger partial charge < -0.3 is 11.1 Å². The molecule has 4 nitrogen and oxygen atoms in total. The van der Waals surface area contributed by atoms with Crippen LogP contribution in [0.2, 0.25) is 0 Å². The van der Waals surface area contributed by atoms with E-state index < -0.39 is 0 Å². The third-order valence-corrected chi connectivity index (χ3v) is 5.30. The monoisotopic (exact) mass is 253 g/mol. The number of rotatable bonds is 2. The van der Waals surface area contributed by atoms with Gasteiger partial charge in [-0.1, -0.05) is 39.0 Å². The molecule has 1 aromatic heterocycles. The van der Waals surface area contributed by atoms with Crippen LogP contribution < -0.4 is 11.1 Å². The largest absolute Gasteiger partial charge is 0.375 e. The topological polar surface area (TPSA) is 68.0 Å². The highest BCUT2D eigenvalue weighted by Gasteiger charge is 2.65. The van der Waals surface area contributed by atoms with Gasteiger partial charge in [0, 0.05) is 6.04 Å². The number of nitrogens with one attached hydrogen (secondary N) is 1. The zero-order chi connectivity index (χ0) is 13.0. The fourth-order valence-electron chi connectivity index (χ4n) is 2.38. The summed E-state index contributed by atoms with van der Waals surface area (Å²) in [5.74, 6) is -0.0552. The number of hydrogen-bond donors (Lipinski definition) is 2. The van der Waals surface area contributed by atoms with E-state index in [9.17, 15) is 4.79 Å². The van der Waals surface area contributed by atoms with Gasteiger partial charge in [-0.2, -0.15) is 0 Å². The van der Waals surface area contributed by atoms with E-state index in [4.69, 9.17) is 5.73 Å². The van der Waals surface area contributed by atoms with Crippen LogP contribution >= 0.6 is 11.3 Å². The molecule has 1 aliphatic carbocycles. The van der Waals surface area contributed by atoms with E-state index >= 15 is 0 Å². The predicted octanol–water partition coefficient (Wildman–Crippen LogP) is 2.20. The molecule has 0 aromatic carbocycles. The third kappa shape index (κ3) is 1.73. The van der Waals surface area contributed by atoms with Crippen LogP contribution in [0.3, 0.4) is 0 Å². The first-order valence-corrected chi connectivity index (χ1v) is 6.53. The Morgan fingerprint density at radius 1 is 1.35 bits per heavy atom. The fourth-order valence-corrected chi connectivity index (χ4v) is 3.12. The second-order valence-corrected chi connectivity index (χ2v) is 6.85. The molecule has 0 unspecified atom stereocenters. The highest BCUT2D eigenvalue weighted by molar-refractivity contribution is 7.17. The zero-order valence-corrected chi connectivity index (χ0v) is 11.7. The highest BCUT2D eigenvalue weighted by Crippen LogP contribution is 2.62. The maximum atomic E-state index is 12.1. The molecule has 0 radical (unpaired) electrons. The van der Waals surface area contributed by atoms with Crippen molar-refractivity contribution in [3.05, 3.63) is 10.6 Å². The molecule has 1 amide bonds. The van der Waals surface area contributed by atoms with Crippen molar-refractivity contribution in [2.75, 3.05) is 5.73 Å². The second kappa shape index (κ2) is 3.45. The molecule has 1 fully saturated rings. The molecule has 1 aliphatic rings. The number of anilines is 1. The van der Waals surface area contributed by atoms with E-state index in [2.05, 4.69) is 38.0 Å². The van der Waals surface area contributed by atoms with Crippen molar-refractivity contribution in [2.45, 2.75) is 40.7 Å². The number of hydrogen-bond acceptors (Lipinski definition) is 4. The molecule has 0 saturated heterocycles. The van der Waals surface area contributed by atoms with Crippen molar-refractivity contribution >= 4 is 22.4 Å². The van der Waals surface area contributed by atoms with Crippen molar-refractivity contribution in [1.82, 2.24) is 10.3 Å². The van der Waals surface area contributed by atoms with E-state index in [-0.39, 0.29) is 22.8 Å². The van der Waals surface area contributed by atoms with Gasteiger partial charge in [0.05, 0.1) is 5.69 Å². The molecule has 3 N–H and O–H groups in total. The summed E-state index contributed by atoms with van der Waals surface area (Å²) in [7, 11) is 0. The maximum absolute atomic E-state index is 12.1.